The van der Waals surface area contributed by atoms with Crippen molar-refractivity contribution in [3.63, 3.8) is 0 Å². The maximum Gasteiger partial charge on any atom is 0.223 e. The lowest BCUT2D eigenvalue weighted by atomic mass is 9.94. The molecule has 0 saturated carbocycles. The van der Waals surface area contributed by atoms with Crippen molar-refractivity contribution in [3.05, 3.63) is 30.1 Å². The van der Waals surface area contributed by atoms with Gasteiger partial charge in [0.15, 0.2) is 0 Å². The maximum atomic E-state index is 12.5. The SMILES string of the molecule is O=C1CC[C@@H]2[C@@H](CCN2C2CCOCC2)N1Cc1cccnc1. The standard InChI is InChI=1S/C18H25N3O2/c22-18-4-3-16-17(21(18)13-14-2-1-8-19-12-14)5-9-20(16)15-6-10-23-11-7-15/h1-2,8,12,15-17H,3-7,9-11,13H2/t16-,17-/m1/s1. The highest BCUT2D eigenvalue weighted by molar-refractivity contribution is 5.77. The number of ether oxygens (including phenoxy) is 1. The van der Waals surface area contributed by atoms with E-state index < -0.39 is 0 Å². The van der Waals surface area contributed by atoms with E-state index in [4.69, 9.17) is 4.74 Å². The highest BCUT2D eigenvalue weighted by Crippen LogP contribution is 2.35. The monoisotopic (exact) mass is 315 g/mol. The molecule has 3 saturated heterocycles. The number of hydrogen-bond acceptors (Lipinski definition) is 4. The summed E-state index contributed by atoms with van der Waals surface area (Å²) in [6.07, 6.45) is 8.74. The first-order valence-electron chi connectivity index (χ1n) is 8.85. The molecule has 0 aliphatic carbocycles. The molecule has 4 heterocycles. The average Bonchev–Trinajstić information content (AvgIpc) is 3.03. The third-order valence-electron chi connectivity index (χ3n) is 5.66. The van der Waals surface area contributed by atoms with Crippen LogP contribution in [0.5, 0.6) is 0 Å². The van der Waals surface area contributed by atoms with Crippen molar-refractivity contribution >= 4 is 5.91 Å². The van der Waals surface area contributed by atoms with Gasteiger partial charge in [0.1, 0.15) is 0 Å². The Hall–Kier alpha value is -1.46. The molecule has 23 heavy (non-hydrogen) atoms. The quantitative estimate of drug-likeness (QED) is 0.854. The number of amides is 1. The summed E-state index contributed by atoms with van der Waals surface area (Å²) < 4.78 is 5.51. The minimum Gasteiger partial charge on any atom is -0.381 e. The van der Waals surface area contributed by atoms with E-state index in [9.17, 15) is 4.79 Å². The van der Waals surface area contributed by atoms with Gasteiger partial charge >= 0.3 is 0 Å². The Balaban J connectivity index is 1.49. The summed E-state index contributed by atoms with van der Waals surface area (Å²) >= 11 is 0. The molecular weight excluding hydrogens is 290 g/mol. The summed E-state index contributed by atoms with van der Waals surface area (Å²) in [4.78, 5) is 21.5. The van der Waals surface area contributed by atoms with Crippen LogP contribution in [0.2, 0.25) is 0 Å². The Morgan fingerprint density at radius 1 is 1.17 bits per heavy atom. The molecule has 0 spiro atoms. The summed E-state index contributed by atoms with van der Waals surface area (Å²) in [5.74, 6) is 0.309. The minimum absolute atomic E-state index is 0.309. The van der Waals surface area contributed by atoms with Gasteiger partial charge in [-0.15, -0.1) is 0 Å². The smallest absolute Gasteiger partial charge is 0.223 e. The molecule has 1 aromatic heterocycles. The lowest BCUT2D eigenvalue weighted by molar-refractivity contribution is -0.139. The lowest BCUT2D eigenvalue weighted by Crippen LogP contribution is -2.54. The van der Waals surface area contributed by atoms with Crippen molar-refractivity contribution < 1.29 is 9.53 Å². The second kappa shape index (κ2) is 6.57. The summed E-state index contributed by atoms with van der Waals surface area (Å²) in [5, 5.41) is 0. The number of fused-ring (bicyclic) bond motifs is 1. The van der Waals surface area contributed by atoms with Crippen LogP contribution in [0.1, 0.15) is 37.7 Å². The highest BCUT2D eigenvalue weighted by Gasteiger charge is 2.45. The van der Waals surface area contributed by atoms with Crippen LogP contribution < -0.4 is 0 Å². The van der Waals surface area contributed by atoms with E-state index in [0.717, 1.165) is 51.0 Å². The number of hydrogen-bond donors (Lipinski definition) is 0. The van der Waals surface area contributed by atoms with Crippen LogP contribution in [0.25, 0.3) is 0 Å². The molecule has 0 aromatic carbocycles. The zero-order valence-electron chi connectivity index (χ0n) is 13.6. The van der Waals surface area contributed by atoms with Gasteiger partial charge in [0.05, 0.1) is 0 Å². The number of piperidine rings is 1. The molecule has 124 valence electrons. The normalized spacial score (nSPS) is 29.7. The first-order valence-corrected chi connectivity index (χ1v) is 8.85. The van der Waals surface area contributed by atoms with Crippen LogP contribution >= 0.6 is 0 Å². The molecular formula is C18H25N3O2. The van der Waals surface area contributed by atoms with Gasteiger partial charge in [-0.2, -0.15) is 0 Å². The van der Waals surface area contributed by atoms with Crippen molar-refractivity contribution in [3.8, 4) is 0 Å². The molecule has 0 unspecified atom stereocenters. The molecule has 5 heteroatoms. The van der Waals surface area contributed by atoms with Crippen LogP contribution in [0, 0.1) is 0 Å². The highest BCUT2D eigenvalue weighted by atomic mass is 16.5. The fraction of sp³-hybridized carbons (Fsp3) is 0.667. The van der Waals surface area contributed by atoms with E-state index in [1.54, 1.807) is 6.20 Å². The van der Waals surface area contributed by atoms with Gasteiger partial charge in [-0.25, -0.2) is 0 Å². The Bertz CT molecular complexity index is 544. The predicted molar refractivity (Wildman–Crippen MR) is 86.8 cm³/mol. The number of pyridine rings is 1. The fourth-order valence-corrected chi connectivity index (χ4v) is 4.55. The van der Waals surface area contributed by atoms with Gasteiger partial charge in [-0.05, 0) is 37.3 Å². The van der Waals surface area contributed by atoms with Crippen LogP contribution in [0.3, 0.4) is 0 Å². The fourth-order valence-electron chi connectivity index (χ4n) is 4.55. The molecule has 3 fully saturated rings. The van der Waals surface area contributed by atoms with Gasteiger partial charge in [-0.3, -0.25) is 14.7 Å². The number of carbonyl (C=O) groups excluding carboxylic acids is 1. The van der Waals surface area contributed by atoms with Crippen LogP contribution in [0.4, 0.5) is 0 Å². The van der Waals surface area contributed by atoms with Crippen molar-refractivity contribution in [2.24, 2.45) is 0 Å². The number of nitrogens with zero attached hydrogens (tertiary/aromatic N) is 3. The van der Waals surface area contributed by atoms with E-state index in [1.807, 2.05) is 12.3 Å². The third kappa shape index (κ3) is 3.00. The predicted octanol–water partition coefficient (Wildman–Crippen LogP) is 1.83. The zero-order chi connectivity index (χ0) is 15.6. The largest absolute Gasteiger partial charge is 0.381 e. The van der Waals surface area contributed by atoms with Gasteiger partial charge in [0.25, 0.3) is 0 Å². The van der Waals surface area contributed by atoms with Gasteiger partial charge < -0.3 is 9.64 Å². The zero-order valence-corrected chi connectivity index (χ0v) is 13.6. The van der Waals surface area contributed by atoms with E-state index in [-0.39, 0.29) is 0 Å². The third-order valence-corrected chi connectivity index (χ3v) is 5.66. The first kappa shape index (κ1) is 15.1. The Morgan fingerprint density at radius 3 is 2.83 bits per heavy atom. The summed E-state index contributed by atoms with van der Waals surface area (Å²) in [5.41, 5.74) is 1.13. The topological polar surface area (TPSA) is 45.7 Å². The number of carbonyl (C=O) groups is 1. The second-order valence-electron chi connectivity index (χ2n) is 6.93. The van der Waals surface area contributed by atoms with Crippen LogP contribution in [0.15, 0.2) is 24.5 Å². The van der Waals surface area contributed by atoms with Crippen molar-refractivity contribution in [1.29, 1.82) is 0 Å². The molecule has 3 aliphatic heterocycles. The van der Waals surface area contributed by atoms with E-state index >= 15 is 0 Å². The maximum absolute atomic E-state index is 12.5. The molecule has 1 aromatic rings. The molecule has 4 rings (SSSR count). The van der Waals surface area contributed by atoms with Crippen molar-refractivity contribution in [2.45, 2.75) is 56.8 Å². The molecule has 0 radical (unpaired) electrons. The van der Waals surface area contributed by atoms with Gasteiger partial charge in [0.2, 0.25) is 5.91 Å². The van der Waals surface area contributed by atoms with Gasteiger partial charge in [-0.1, -0.05) is 6.07 Å². The van der Waals surface area contributed by atoms with Crippen molar-refractivity contribution in [2.75, 3.05) is 19.8 Å². The second-order valence-corrected chi connectivity index (χ2v) is 6.93. The van der Waals surface area contributed by atoms with Crippen LogP contribution in [-0.4, -0.2) is 58.6 Å². The number of likely N-dealkylation sites (tertiary alicyclic amines) is 2. The molecule has 1 amide bonds. The summed E-state index contributed by atoms with van der Waals surface area (Å²) in [6, 6.07) is 5.57. The molecule has 5 nitrogen and oxygen atoms in total. The van der Waals surface area contributed by atoms with E-state index in [1.165, 1.54) is 0 Å². The summed E-state index contributed by atoms with van der Waals surface area (Å²) in [7, 11) is 0. The minimum atomic E-state index is 0.309. The number of aromatic nitrogens is 1. The number of rotatable bonds is 3. The molecule has 2 atom stereocenters. The molecule has 0 bridgehead atoms. The van der Waals surface area contributed by atoms with E-state index in [2.05, 4.69) is 20.9 Å². The lowest BCUT2D eigenvalue weighted by Gasteiger charge is -2.43. The molecule has 3 aliphatic rings. The van der Waals surface area contributed by atoms with Crippen molar-refractivity contribution in [1.82, 2.24) is 14.8 Å². The van der Waals surface area contributed by atoms with E-state index in [0.29, 0.717) is 37.0 Å². The first-order chi connectivity index (χ1) is 11.3. The summed E-state index contributed by atoms with van der Waals surface area (Å²) in [6.45, 7) is 3.60. The van der Waals surface area contributed by atoms with Gasteiger partial charge in [0, 0.05) is 63.2 Å². The average molecular weight is 315 g/mol. The van der Waals surface area contributed by atoms with Crippen LogP contribution in [-0.2, 0) is 16.1 Å². The Kier molecular flexibility index (Phi) is 4.31. The Labute approximate surface area is 137 Å². The Morgan fingerprint density at radius 2 is 2.04 bits per heavy atom. The molecule has 0 N–H and O–H groups in total.